The van der Waals surface area contributed by atoms with E-state index in [9.17, 15) is 4.79 Å². The van der Waals surface area contributed by atoms with Crippen molar-refractivity contribution in [3.63, 3.8) is 0 Å². The number of carbonyl (C=O) groups excluding carboxylic acids is 1. The molecule has 31 heavy (non-hydrogen) atoms. The van der Waals surface area contributed by atoms with Gasteiger partial charge in [-0.1, -0.05) is 0 Å². The third-order valence-electron chi connectivity index (χ3n) is 4.70. The number of ether oxygens (including phenoxy) is 1. The van der Waals surface area contributed by atoms with Gasteiger partial charge in [0.1, 0.15) is 0 Å². The Morgan fingerprint density at radius 1 is 1.06 bits per heavy atom. The molecule has 0 radical (unpaired) electrons. The number of H-pyrrole nitrogens is 1. The summed E-state index contributed by atoms with van der Waals surface area (Å²) < 4.78 is 5.44. The van der Waals surface area contributed by atoms with Gasteiger partial charge in [-0.15, -0.1) is 0 Å². The third kappa shape index (κ3) is 5.34. The predicted octanol–water partition coefficient (Wildman–Crippen LogP) is 3.16. The van der Waals surface area contributed by atoms with Crippen LogP contribution < -0.4 is 10.6 Å². The first-order valence-electron chi connectivity index (χ1n) is 9.91. The fourth-order valence-electron chi connectivity index (χ4n) is 3.16. The third-order valence-corrected chi connectivity index (χ3v) is 4.70. The number of amidine groups is 2. The van der Waals surface area contributed by atoms with Crippen LogP contribution in [-0.2, 0) is 4.74 Å². The molecule has 9 nitrogen and oxygen atoms in total. The van der Waals surface area contributed by atoms with E-state index in [1.807, 2.05) is 18.3 Å². The van der Waals surface area contributed by atoms with Crippen molar-refractivity contribution in [1.82, 2.24) is 14.9 Å². The fraction of sp³-hybridized carbons (Fsp3) is 0.182. The molecule has 9 heteroatoms. The highest BCUT2D eigenvalue weighted by Crippen LogP contribution is 2.14. The molecule has 3 aromatic rings. The van der Waals surface area contributed by atoms with Crippen molar-refractivity contribution in [3.05, 3.63) is 78.4 Å². The van der Waals surface area contributed by atoms with Gasteiger partial charge in [0.05, 0.1) is 30.8 Å². The van der Waals surface area contributed by atoms with E-state index < -0.39 is 0 Å². The van der Waals surface area contributed by atoms with Gasteiger partial charge in [-0.25, -0.2) is 9.79 Å². The highest BCUT2D eigenvalue weighted by atomic mass is 16.5. The van der Waals surface area contributed by atoms with E-state index in [1.54, 1.807) is 48.8 Å². The molecule has 3 heterocycles. The van der Waals surface area contributed by atoms with E-state index in [-0.39, 0.29) is 11.9 Å². The lowest BCUT2D eigenvalue weighted by Gasteiger charge is -2.29. The largest absolute Gasteiger partial charge is 0.378 e. The molecule has 2 aromatic heterocycles. The molecular formula is C22H23N7O2. The number of anilines is 2. The molecule has 0 unspecified atom stereocenters. The molecule has 1 aromatic carbocycles. The summed E-state index contributed by atoms with van der Waals surface area (Å²) in [4.78, 5) is 26.0. The first kappa shape index (κ1) is 20.3. The minimum Gasteiger partial charge on any atom is -0.378 e. The summed E-state index contributed by atoms with van der Waals surface area (Å²) in [6, 6.07) is 14.0. The Morgan fingerprint density at radius 2 is 1.84 bits per heavy atom. The molecule has 1 fully saturated rings. The van der Waals surface area contributed by atoms with Crippen LogP contribution in [-0.4, -0.2) is 58.9 Å². The topological polar surface area (TPSA) is 118 Å². The number of pyridine rings is 1. The summed E-state index contributed by atoms with van der Waals surface area (Å²) in [5, 5.41) is 13.9. The van der Waals surface area contributed by atoms with Crippen LogP contribution in [0.3, 0.4) is 0 Å². The number of nitrogens with zero attached hydrogens (tertiary/aromatic N) is 3. The van der Waals surface area contributed by atoms with E-state index in [4.69, 9.17) is 10.1 Å². The van der Waals surface area contributed by atoms with Crippen LogP contribution >= 0.6 is 0 Å². The molecule has 0 bridgehead atoms. The molecule has 0 spiro atoms. The van der Waals surface area contributed by atoms with E-state index in [2.05, 4.69) is 30.5 Å². The van der Waals surface area contributed by atoms with Crippen molar-refractivity contribution in [1.29, 1.82) is 5.41 Å². The smallest absolute Gasteiger partial charge is 0.323 e. The lowest BCUT2D eigenvalue weighted by molar-refractivity contribution is 0.0682. The quantitative estimate of drug-likeness (QED) is 0.385. The number of morpholine rings is 1. The van der Waals surface area contributed by atoms with Gasteiger partial charge < -0.3 is 25.3 Å². The number of urea groups is 1. The Morgan fingerprint density at radius 3 is 2.52 bits per heavy atom. The van der Waals surface area contributed by atoms with Crippen molar-refractivity contribution in [2.24, 2.45) is 4.99 Å². The molecular weight excluding hydrogens is 394 g/mol. The van der Waals surface area contributed by atoms with Crippen molar-refractivity contribution in [3.8, 4) is 0 Å². The van der Waals surface area contributed by atoms with E-state index >= 15 is 0 Å². The zero-order valence-electron chi connectivity index (χ0n) is 16.8. The van der Waals surface area contributed by atoms with Crippen LogP contribution in [0.4, 0.5) is 16.2 Å². The summed E-state index contributed by atoms with van der Waals surface area (Å²) >= 11 is 0. The molecule has 1 aliphatic heterocycles. The lowest BCUT2D eigenvalue weighted by atomic mass is 10.2. The lowest BCUT2D eigenvalue weighted by Crippen LogP contribution is -2.41. The van der Waals surface area contributed by atoms with Gasteiger partial charge >= 0.3 is 6.03 Å². The summed E-state index contributed by atoms with van der Waals surface area (Å²) in [6.45, 7) is 2.71. The number of benzene rings is 1. The molecule has 1 saturated heterocycles. The van der Waals surface area contributed by atoms with Crippen LogP contribution in [0.1, 0.15) is 11.3 Å². The van der Waals surface area contributed by atoms with Gasteiger partial charge in [-0.05, 0) is 48.5 Å². The molecule has 0 saturated carbocycles. The van der Waals surface area contributed by atoms with Gasteiger partial charge in [0.2, 0.25) is 0 Å². The Bertz CT molecular complexity index is 1040. The van der Waals surface area contributed by atoms with Crippen LogP contribution in [0, 0.1) is 5.41 Å². The second-order valence-corrected chi connectivity index (χ2v) is 6.87. The normalized spacial score (nSPS) is 14.2. The van der Waals surface area contributed by atoms with E-state index in [0.717, 1.165) is 24.6 Å². The Balaban J connectivity index is 1.44. The van der Waals surface area contributed by atoms with Crippen LogP contribution in [0.25, 0.3) is 0 Å². The van der Waals surface area contributed by atoms with Gasteiger partial charge in [0, 0.05) is 36.7 Å². The van der Waals surface area contributed by atoms with Crippen LogP contribution in [0.15, 0.2) is 72.1 Å². The predicted molar refractivity (Wildman–Crippen MR) is 120 cm³/mol. The Kier molecular flexibility index (Phi) is 6.34. The molecule has 0 atom stereocenters. The SMILES string of the molecule is N=C(/N=C(\c1ccc[nH]1)N1CCOCC1)c1ccc(NC(=O)Nc2cccnc2)cc1. The molecule has 4 rings (SSSR count). The summed E-state index contributed by atoms with van der Waals surface area (Å²) in [6.07, 6.45) is 5.05. The van der Waals surface area contributed by atoms with Gasteiger partial charge in [0.25, 0.3) is 0 Å². The van der Waals surface area contributed by atoms with Crippen LogP contribution in [0.5, 0.6) is 0 Å². The maximum Gasteiger partial charge on any atom is 0.323 e. The maximum atomic E-state index is 12.1. The molecule has 0 aliphatic carbocycles. The van der Waals surface area contributed by atoms with Crippen molar-refractivity contribution in [2.45, 2.75) is 0 Å². The number of amides is 2. The maximum absolute atomic E-state index is 12.1. The molecule has 1 aliphatic rings. The highest BCUT2D eigenvalue weighted by Gasteiger charge is 2.18. The minimum atomic E-state index is -0.366. The van der Waals surface area contributed by atoms with E-state index in [0.29, 0.717) is 30.2 Å². The van der Waals surface area contributed by atoms with E-state index in [1.165, 1.54) is 0 Å². The van der Waals surface area contributed by atoms with Crippen LogP contribution in [0.2, 0.25) is 0 Å². The highest BCUT2D eigenvalue weighted by molar-refractivity contribution is 6.10. The van der Waals surface area contributed by atoms with Crippen molar-refractivity contribution < 1.29 is 9.53 Å². The second-order valence-electron chi connectivity index (χ2n) is 6.87. The zero-order valence-corrected chi connectivity index (χ0v) is 16.8. The number of rotatable bonds is 4. The molecule has 4 N–H and O–H groups in total. The number of carbonyl (C=O) groups is 1. The molecule has 158 valence electrons. The average molecular weight is 417 g/mol. The molecule has 2 amide bonds. The van der Waals surface area contributed by atoms with Gasteiger partial charge in [0.15, 0.2) is 11.7 Å². The first-order valence-corrected chi connectivity index (χ1v) is 9.91. The first-order chi connectivity index (χ1) is 15.2. The average Bonchev–Trinajstić information content (AvgIpc) is 3.33. The van der Waals surface area contributed by atoms with Gasteiger partial charge in [-0.2, -0.15) is 0 Å². The number of nitrogens with one attached hydrogen (secondary N) is 4. The number of aromatic amines is 1. The van der Waals surface area contributed by atoms with Gasteiger partial charge in [-0.3, -0.25) is 10.4 Å². The number of aromatic nitrogens is 2. The minimum absolute atomic E-state index is 0.141. The fourth-order valence-corrected chi connectivity index (χ4v) is 3.16. The Labute approximate surface area is 179 Å². The summed E-state index contributed by atoms with van der Waals surface area (Å²) in [7, 11) is 0. The standard InChI is InChI=1S/C22H23N7O2/c23-20(28-21(19-4-2-10-25-19)29-11-13-31-14-12-29)16-5-7-17(8-6-16)26-22(30)27-18-3-1-9-24-15-18/h1-10,15,23,25H,11-14H2,(H2,26,27,30)/b23-20?,28-21+. The monoisotopic (exact) mass is 417 g/mol. The Hall–Kier alpha value is -3.98. The number of aliphatic imine (C=N–C) groups is 1. The van der Waals surface area contributed by atoms with Crippen molar-refractivity contribution >= 4 is 29.1 Å². The zero-order chi connectivity index (χ0) is 21.5. The number of hydrogen-bond donors (Lipinski definition) is 4. The summed E-state index contributed by atoms with van der Waals surface area (Å²) in [5.41, 5.74) is 2.72. The second kappa shape index (κ2) is 9.68. The number of hydrogen-bond acceptors (Lipinski definition) is 4. The van der Waals surface area contributed by atoms with Crippen molar-refractivity contribution in [2.75, 3.05) is 36.9 Å². The summed E-state index contributed by atoms with van der Waals surface area (Å²) in [5.74, 6) is 0.860.